The summed E-state index contributed by atoms with van der Waals surface area (Å²) in [4.78, 5) is 0. The van der Waals surface area contributed by atoms with Crippen LogP contribution in [0.25, 0.3) is 34.4 Å². The summed E-state index contributed by atoms with van der Waals surface area (Å²) in [7, 11) is 0. The molecule has 3 heteroatoms. The van der Waals surface area contributed by atoms with Crippen LogP contribution in [0.3, 0.4) is 0 Å². The van der Waals surface area contributed by atoms with E-state index in [2.05, 4.69) is 182 Å². The molecule has 2 fully saturated rings. The summed E-state index contributed by atoms with van der Waals surface area (Å²) < 4.78 is 3.33. The van der Waals surface area contributed by atoms with E-state index in [0.29, 0.717) is 7.35 Å². The second-order valence-electron chi connectivity index (χ2n) is 24.2. The first kappa shape index (κ1) is 50.2. The van der Waals surface area contributed by atoms with Crippen molar-refractivity contribution in [2.75, 3.05) is 0 Å². The minimum Gasteiger partial charge on any atom is -0.147 e. The van der Waals surface area contributed by atoms with Crippen molar-refractivity contribution in [3.63, 3.8) is 0 Å². The van der Waals surface area contributed by atoms with E-state index in [4.69, 9.17) is 0 Å². The molecule has 0 nitrogen and oxygen atoms in total. The summed E-state index contributed by atoms with van der Waals surface area (Å²) >= 11 is -3.42. The molecule has 340 valence electrons. The van der Waals surface area contributed by atoms with E-state index >= 15 is 0 Å². The smallest absolute Gasteiger partial charge is 0.147 e. The Hall–Kier alpha value is -2.19. The zero-order valence-electron chi connectivity index (χ0n) is 41.8. The van der Waals surface area contributed by atoms with Gasteiger partial charge in [-0.2, -0.15) is 0 Å². The van der Waals surface area contributed by atoms with Crippen molar-refractivity contribution >= 4 is 37.0 Å². The molecule has 4 unspecified atom stereocenters. The molecule has 4 atom stereocenters. The first-order valence-electron chi connectivity index (χ1n) is 24.7. The van der Waals surface area contributed by atoms with Gasteiger partial charge in [0.25, 0.3) is 0 Å². The first-order chi connectivity index (χ1) is 28.7. The third-order valence-corrected chi connectivity index (χ3v) is 40.7. The molecule has 0 spiro atoms. The molecule has 63 heavy (non-hydrogen) atoms. The third-order valence-electron chi connectivity index (χ3n) is 15.8. The molecule has 0 aromatic heterocycles. The molecule has 1 saturated carbocycles. The Morgan fingerprint density at radius 1 is 0.476 bits per heavy atom. The molecular weight excluding hydrogens is 970 g/mol. The molecular formula is C60H82Cl2Hf. The van der Waals surface area contributed by atoms with Gasteiger partial charge in [0.2, 0.25) is 0 Å². The second kappa shape index (κ2) is 18.5. The van der Waals surface area contributed by atoms with Crippen LogP contribution < -0.4 is 0 Å². The van der Waals surface area contributed by atoms with Gasteiger partial charge in [-0.1, -0.05) is 0 Å². The Kier molecular flexibility index (Phi) is 14.7. The van der Waals surface area contributed by atoms with Gasteiger partial charge in [-0.05, 0) is 0 Å². The number of hydrogen-bond donors (Lipinski definition) is 0. The van der Waals surface area contributed by atoms with Crippen molar-refractivity contribution in [1.82, 2.24) is 0 Å². The third kappa shape index (κ3) is 9.27. The van der Waals surface area contributed by atoms with E-state index in [1.165, 1.54) is 109 Å². The number of allylic oxidation sites excluding steroid dienone is 2. The number of unbranched alkanes of at least 4 members (excludes halogenated alkanes) is 2. The average Bonchev–Trinajstić information content (AvgIpc) is 3.47. The zero-order valence-corrected chi connectivity index (χ0v) is 47.0. The van der Waals surface area contributed by atoms with Crippen LogP contribution in [0.2, 0.25) is 7.35 Å². The van der Waals surface area contributed by atoms with Gasteiger partial charge in [-0.25, -0.2) is 0 Å². The Morgan fingerprint density at radius 2 is 0.810 bits per heavy atom. The molecule has 0 amide bonds. The van der Waals surface area contributed by atoms with Crippen LogP contribution in [0.15, 0.2) is 83.9 Å². The molecule has 1 saturated heterocycles. The molecule has 1 heterocycles. The topological polar surface area (TPSA) is 0 Å². The summed E-state index contributed by atoms with van der Waals surface area (Å²) in [6.07, 6.45) is 19.1. The number of hydrogen-bond acceptors (Lipinski definition) is 0. The van der Waals surface area contributed by atoms with Gasteiger partial charge in [0, 0.05) is 0 Å². The fraction of sp³-hybridized carbons (Fsp3) is 0.533. The number of fused-ring (bicyclic) bond motifs is 3. The van der Waals surface area contributed by atoms with E-state index < -0.39 is 20.0 Å². The van der Waals surface area contributed by atoms with E-state index in [9.17, 15) is 0 Å². The molecule has 4 aromatic rings. The van der Waals surface area contributed by atoms with Gasteiger partial charge >= 0.3 is 380 Å². The van der Waals surface area contributed by atoms with Crippen LogP contribution in [0.1, 0.15) is 213 Å². The minimum absolute atomic E-state index is 0. The maximum absolute atomic E-state index is 3.42. The normalized spacial score (nSPS) is 22.9. The second-order valence-corrected chi connectivity index (χ2v) is 40.9. The predicted molar refractivity (Wildman–Crippen MR) is 280 cm³/mol. The quantitative estimate of drug-likeness (QED) is 0.139. The molecule has 3 aliphatic carbocycles. The fourth-order valence-corrected chi connectivity index (χ4v) is 47.8. The van der Waals surface area contributed by atoms with Crippen molar-refractivity contribution in [2.24, 2.45) is 0 Å². The van der Waals surface area contributed by atoms with Gasteiger partial charge in [-0.15, -0.1) is 24.8 Å². The summed E-state index contributed by atoms with van der Waals surface area (Å²) in [6.45, 7) is 33.5. The maximum atomic E-state index is 2.80. The van der Waals surface area contributed by atoms with Gasteiger partial charge in [-0.3, -0.25) is 0 Å². The van der Waals surface area contributed by atoms with Gasteiger partial charge in [0.15, 0.2) is 0 Å². The molecule has 4 aliphatic rings. The van der Waals surface area contributed by atoms with Crippen molar-refractivity contribution in [3.05, 3.63) is 128 Å². The molecule has 1 aliphatic heterocycles. The number of halogens is 2. The standard InChI is InChI=1S/2C27H35.C6H10.2ClH.Hf/c2*1-8-9-11-19-14-20-12-10-13-24(25(20)15-19)21-16-22(26(2,3)4)18-23(17-21)27(5,6)7;1-2-4-6-5-3-1;;;/h2*10,12-18H,8-9,11H2,1-7H3;1-2H,3-6H2;2*1H;. The molecule has 4 aromatic carbocycles. The van der Waals surface area contributed by atoms with Crippen molar-refractivity contribution in [2.45, 2.75) is 197 Å². The van der Waals surface area contributed by atoms with Crippen molar-refractivity contribution in [1.29, 1.82) is 0 Å². The van der Waals surface area contributed by atoms with Crippen LogP contribution in [-0.4, -0.2) is 0 Å². The number of rotatable bonds is 10. The summed E-state index contributed by atoms with van der Waals surface area (Å²) in [5.41, 5.74) is 22.2. The van der Waals surface area contributed by atoms with E-state index in [1.54, 1.807) is 22.3 Å². The Labute approximate surface area is 402 Å². The SMILES string of the molecule is CCCCC1=Cc2c(-c3cc(C(C)(C)C)cc(C(C)(C)C)c3)cccc2[CH]1[Hf]1([CH]2C(CCCC)=Cc3c(-c4cc(C(C)(C)C)cc(C(C)(C)C)c4)cccc32)[CH]2CCCC[CH]21.Cl.Cl. The summed E-state index contributed by atoms with van der Waals surface area (Å²) in [5.74, 6) is 0. The van der Waals surface area contributed by atoms with Gasteiger partial charge < -0.3 is 0 Å². The largest absolute Gasteiger partial charge is 0.147 e. The van der Waals surface area contributed by atoms with E-state index in [-0.39, 0.29) is 46.5 Å². The van der Waals surface area contributed by atoms with Crippen LogP contribution in [-0.2, 0) is 41.6 Å². The van der Waals surface area contributed by atoms with Crippen LogP contribution >= 0.6 is 24.8 Å². The molecule has 8 rings (SSSR count). The van der Waals surface area contributed by atoms with Crippen LogP contribution in [0.4, 0.5) is 0 Å². The summed E-state index contributed by atoms with van der Waals surface area (Å²) in [5, 5.41) is 0. The zero-order chi connectivity index (χ0) is 43.9. The van der Waals surface area contributed by atoms with Crippen molar-refractivity contribution in [3.8, 4) is 22.3 Å². The Bertz CT molecular complexity index is 2130. The van der Waals surface area contributed by atoms with Crippen LogP contribution in [0, 0.1) is 0 Å². The maximum Gasteiger partial charge on any atom is -0.147 e. The predicted octanol–water partition coefficient (Wildman–Crippen LogP) is 19.3. The van der Waals surface area contributed by atoms with Crippen molar-refractivity contribution < 1.29 is 20.0 Å². The monoisotopic (exact) mass is 1050 g/mol. The molecule has 0 bridgehead atoms. The minimum atomic E-state index is -3.42. The number of benzene rings is 4. The van der Waals surface area contributed by atoms with Gasteiger partial charge in [0.05, 0.1) is 0 Å². The fourth-order valence-electron chi connectivity index (χ4n) is 12.3. The van der Waals surface area contributed by atoms with E-state index in [1.807, 2.05) is 11.1 Å². The van der Waals surface area contributed by atoms with Crippen LogP contribution in [0.5, 0.6) is 0 Å². The summed E-state index contributed by atoms with van der Waals surface area (Å²) in [6, 6.07) is 30.4. The van der Waals surface area contributed by atoms with E-state index in [0.717, 1.165) is 7.35 Å². The van der Waals surface area contributed by atoms with Gasteiger partial charge in [0.1, 0.15) is 0 Å². The Balaban J connectivity index is 0.00000330. The first-order valence-corrected chi connectivity index (χ1v) is 33.0. The Morgan fingerprint density at radius 3 is 1.11 bits per heavy atom. The average molecular weight is 1050 g/mol. The molecule has 0 radical (unpaired) electrons. The molecule has 0 N–H and O–H groups in total.